The number of aromatic carboxylic acids is 1. The molecule has 32 heavy (non-hydrogen) atoms. The van der Waals surface area contributed by atoms with Gasteiger partial charge < -0.3 is 23.4 Å². The standard InChI is InChI=1S/C24H20O8/c25-15-10-13-31-18-7-4-6-17(22(15)18)29-11-2-1-3-12-30-19-8-5-9-20-23(19)16(26)14-21(32-20)24(27)28/h4-10,13-14H,1-3,11-12H2,(H,27,28). The van der Waals surface area contributed by atoms with Crippen LogP contribution in [0.15, 0.2) is 73.2 Å². The van der Waals surface area contributed by atoms with E-state index in [1.165, 1.54) is 18.4 Å². The third-order valence-corrected chi connectivity index (χ3v) is 4.88. The number of benzene rings is 2. The highest BCUT2D eigenvalue weighted by atomic mass is 16.5. The number of carbonyl (C=O) groups is 1. The van der Waals surface area contributed by atoms with Crippen LogP contribution in [-0.2, 0) is 0 Å². The number of rotatable bonds is 9. The van der Waals surface area contributed by atoms with Gasteiger partial charge in [-0.3, -0.25) is 9.59 Å². The molecule has 2 heterocycles. The van der Waals surface area contributed by atoms with Crippen molar-refractivity contribution in [3.8, 4) is 11.5 Å². The molecule has 0 atom stereocenters. The van der Waals surface area contributed by atoms with E-state index in [-0.39, 0.29) is 16.4 Å². The van der Waals surface area contributed by atoms with Gasteiger partial charge in [0.15, 0.2) is 10.9 Å². The third-order valence-electron chi connectivity index (χ3n) is 4.88. The molecular weight excluding hydrogens is 416 g/mol. The Balaban J connectivity index is 1.30. The molecule has 0 amide bonds. The number of fused-ring (bicyclic) bond motifs is 2. The Bertz CT molecular complexity index is 1380. The van der Waals surface area contributed by atoms with Crippen molar-refractivity contribution in [3.63, 3.8) is 0 Å². The van der Waals surface area contributed by atoms with Gasteiger partial charge in [-0.25, -0.2) is 4.79 Å². The van der Waals surface area contributed by atoms with Gasteiger partial charge in [0.05, 0.1) is 19.5 Å². The predicted octanol–water partition coefficient (Wildman–Crippen LogP) is 4.23. The van der Waals surface area contributed by atoms with E-state index in [0.717, 1.165) is 25.3 Å². The topological polar surface area (TPSA) is 116 Å². The molecule has 1 N–H and O–H groups in total. The minimum Gasteiger partial charge on any atom is -0.493 e. The number of ether oxygens (including phenoxy) is 2. The second-order valence-corrected chi connectivity index (χ2v) is 7.08. The fraction of sp³-hybridized carbons (Fsp3) is 0.208. The van der Waals surface area contributed by atoms with Crippen LogP contribution in [0, 0.1) is 0 Å². The van der Waals surface area contributed by atoms with E-state index in [4.69, 9.17) is 23.4 Å². The molecular formula is C24H20O8. The molecule has 2 aromatic carbocycles. The predicted molar refractivity (Wildman–Crippen MR) is 117 cm³/mol. The second kappa shape index (κ2) is 9.38. The second-order valence-electron chi connectivity index (χ2n) is 7.08. The zero-order chi connectivity index (χ0) is 22.5. The van der Waals surface area contributed by atoms with Gasteiger partial charge in [0, 0.05) is 12.1 Å². The SMILES string of the molecule is O=C(O)c1cc(=O)c2c(OCCCCCOc3cccc4occc(=O)c34)cccc2o1. The van der Waals surface area contributed by atoms with E-state index in [1.54, 1.807) is 30.3 Å². The van der Waals surface area contributed by atoms with Gasteiger partial charge >= 0.3 is 5.97 Å². The van der Waals surface area contributed by atoms with Crippen molar-refractivity contribution in [2.75, 3.05) is 13.2 Å². The molecule has 8 heteroatoms. The highest BCUT2D eigenvalue weighted by Crippen LogP contribution is 2.24. The van der Waals surface area contributed by atoms with Gasteiger partial charge in [0.2, 0.25) is 5.76 Å². The maximum atomic E-state index is 12.3. The quantitative estimate of drug-likeness (QED) is 0.388. The summed E-state index contributed by atoms with van der Waals surface area (Å²) in [5, 5.41) is 9.67. The Labute approximate surface area is 181 Å². The van der Waals surface area contributed by atoms with E-state index in [2.05, 4.69) is 0 Å². The Hall–Kier alpha value is -4.07. The molecule has 0 unspecified atom stereocenters. The first kappa shape index (κ1) is 21.2. The molecule has 0 saturated heterocycles. The average molecular weight is 436 g/mol. The summed E-state index contributed by atoms with van der Waals surface area (Å²) in [6, 6.07) is 12.4. The highest BCUT2D eigenvalue weighted by Gasteiger charge is 2.14. The van der Waals surface area contributed by atoms with E-state index >= 15 is 0 Å². The van der Waals surface area contributed by atoms with Crippen molar-refractivity contribution >= 4 is 27.9 Å². The number of carboxylic acid groups (broad SMARTS) is 1. The molecule has 0 bridgehead atoms. The fourth-order valence-corrected chi connectivity index (χ4v) is 3.37. The lowest BCUT2D eigenvalue weighted by Gasteiger charge is -2.10. The van der Waals surface area contributed by atoms with Crippen LogP contribution >= 0.6 is 0 Å². The fourth-order valence-electron chi connectivity index (χ4n) is 3.37. The van der Waals surface area contributed by atoms with E-state index in [0.29, 0.717) is 35.7 Å². The molecule has 0 spiro atoms. The molecule has 4 rings (SSSR count). The van der Waals surface area contributed by atoms with Gasteiger partial charge in [-0.15, -0.1) is 0 Å². The summed E-state index contributed by atoms with van der Waals surface area (Å²) in [5.41, 5.74) is 0.0382. The van der Waals surface area contributed by atoms with Crippen LogP contribution in [0.25, 0.3) is 21.9 Å². The maximum Gasteiger partial charge on any atom is 0.371 e. The van der Waals surface area contributed by atoms with Crippen LogP contribution < -0.4 is 20.3 Å². The van der Waals surface area contributed by atoms with Gasteiger partial charge in [-0.1, -0.05) is 12.1 Å². The monoisotopic (exact) mass is 436 g/mol. The first-order valence-electron chi connectivity index (χ1n) is 10.1. The number of hydrogen-bond acceptors (Lipinski definition) is 7. The molecule has 0 aliphatic carbocycles. The number of unbranched alkanes of at least 4 members (excludes halogenated alkanes) is 2. The van der Waals surface area contributed by atoms with Crippen molar-refractivity contribution in [1.82, 2.24) is 0 Å². The summed E-state index contributed by atoms with van der Waals surface area (Å²) < 4.78 is 22.1. The minimum absolute atomic E-state index is 0.148. The van der Waals surface area contributed by atoms with Crippen molar-refractivity contribution in [3.05, 3.63) is 81.0 Å². The van der Waals surface area contributed by atoms with Crippen molar-refractivity contribution in [2.45, 2.75) is 19.3 Å². The van der Waals surface area contributed by atoms with Crippen LogP contribution in [0.2, 0.25) is 0 Å². The van der Waals surface area contributed by atoms with Crippen molar-refractivity contribution in [2.24, 2.45) is 0 Å². The number of carboxylic acids is 1. The third kappa shape index (κ3) is 4.49. The zero-order valence-corrected chi connectivity index (χ0v) is 17.0. The van der Waals surface area contributed by atoms with E-state index in [1.807, 2.05) is 0 Å². The Morgan fingerprint density at radius 3 is 2.09 bits per heavy atom. The molecule has 4 aromatic rings. The minimum atomic E-state index is -1.30. The van der Waals surface area contributed by atoms with E-state index < -0.39 is 17.2 Å². The van der Waals surface area contributed by atoms with Crippen LogP contribution in [0.5, 0.6) is 11.5 Å². The normalized spacial score (nSPS) is 11.0. The largest absolute Gasteiger partial charge is 0.493 e. The van der Waals surface area contributed by atoms with Gasteiger partial charge in [0.1, 0.15) is 33.4 Å². The molecule has 0 radical (unpaired) electrons. The summed E-state index contributed by atoms with van der Waals surface area (Å²) in [7, 11) is 0. The lowest BCUT2D eigenvalue weighted by atomic mass is 10.2. The molecule has 0 aliphatic rings. The summed E-state index contributed by atoms with van der Waals surface area (Å²) in [4.78, 5) is 35.4. The molecule has 0 fully saturated rings. The molecule has 2 aromatic heterocycles. The van der Waals surface area contributed by atoms with Crippen LogP contribution in [0.3, 0.4) is 0 Å². The van der Waals surface area contributed by atoms with Crippen LogP contribution in [-0.4, -0.2) is 24.3 Å². The summed E-state index contributed by atoms with van der Waals surface area (Å²) in [6.45, 7) is 0.806. The first-order valence-corrected chi connectivity index (χ1v) is 10.1. The summed E-state index contributed by atoms with van der Waals surface area (Å²) in [5.74, 6) is -0.867. The molecule has 0 saturated carbocycles. The van der Waals surface area contributed by atoms with Crippen molar-refractivity contribution in [1.29, 1.82) is 0 Å². The smallest absolute Gasteiger partial charge is 0.371 e. The number of hydrogen-bond donors (Lipinski definition) is 1. The summed E-state index contributed by atoms with van der Waals surface area (Å²) >= 11 is 0. The van der Waals surface area contributed by atoms with E-state index in [9.17, 15) is 14.4 Å². The van der Waals surface area contributed by atoms with Crippen LogP contribution in [0.4, 0.5) is 0 Å². The summed E-state index contributed by atoms with van der Waals surface area (Å²) in [6.07, 6.45) is 3.63. The molecule has 164 valence electrons. The lowest BCUT2D eigenvalue weighted by molar-refractivity contribution is 0.0663. The molecule has 8 nitrogen and oxygen atoms in total. The van der Waals surface area contributed by atoms with Gasteiger partial charge in [0.25, 0.3) is 0 Å². The Morgan fingerprint density at radius 1 is 0.812 bits per heavy atom. The first-order chi connectivity index (χ1) is 15.5. The molecule has 0 aliphatic heterocycles. The Kier molecular flexibility index (Phi) is 6.21. The zero-order valence-electron chi connectivity index (χ0n) is 17.0. The van der Waals surface area contributed by atoms with Gasteiger partial charge in [-0.05, 0) is 43.5 Å². The lowest BCUT2D eigenvalue weighted by Crippen LogP contribution is -2.09. The van der Waals surface area contributed by atoms with Crippen LogP contribution in [0.1, 0.15) is 29.8 Å². The van der Waals surface area contributed by atoms with Gasteiger partial charge in [-0.2, -0.15) is 0 Å². The maximum absolute atomic E-state index is 12.3. The highest BCUT2D eigenvalue weighted by molar-refractivity contribution is 5.89. The Morgan fingerprint density at radius 2 is 1.44 bits per heavy atom. The van der Waals surface area contributed by atoms with Crippen molar-refractivity contribution < 1.29 is 28.2 Å². The average Bonchev–Trinajstić information content (AvgIpc) is 2.78.